The fourth-order valence-corrected chi connectivity index (χ4v) is 1.11. The van der Waals surface area contributed by atoms with Crippen LogP contribution >= 0.6 is 0 Å². The predicted octanol–water partition coefficient (Wildman–Crippen LogP) is 3.46. The van der Waals surface area contributed by atoms with Crippen LogP contribution in [0.1, 0.15) is 12.8 Å². The molecule has 0 heterocycles. The van der Waals surface area contributed by atoms with Crippen LogP contribution in [-0.2, 0) is 0 Å². The van der Waals surface area contributed by atoms with Crippen molar-refractivity contribution in [2.75, 3.05) is 0 Å². The summed E-state index contributed by atoms with van der Waals surface area (Å²) in [6.45, 7) is 3.22. The lowest BCUT2D eigenvalue weighted by Gasteiger charge is -2.36. The largest absolute Gasteiger partial charge is 0.365 e. The second kappa shape index (κ2) is 2.82. The standard InChI is InChI=1S/C8H7F5/c1-2-3-4-5-6(9)8(12,13)7(5,10)11/h2H,1,3-4H2. The van der Waals surface area contributed by atoms with Gasteiger partial charge < -0.3 is 0 Å². The van der Waals surface area contributed by atoms with Crippen LogP contribution in [0.2, 0.25) is 0 Å². The Kier molecular flexibility index (Phi) is 2.21. The molecule has 0 atom stereocenters. The number of halogens is 5. The zero-order valence-corrected chi connectivity index (χ0v) is 6.59. The topological polar surface area (TPSA) is 0 Å². The van der Waals surface area contributed by atoms with E-state index >= 15 is 0 Å². The van der Waals surface area contributed by atoms with Gasteiger partial charge in [0, 0.05) is 5.57 Å². The first kappa shape index (κ1) is 10.2. The fourth-order valence-electron chi connectivity index (χ4n) is 1.11. The summed E-state index contributed by atoms with van der Waals surface area (Å²) in [5, 5.41) is 0. The molecule has 0 saturated heterocycles. The average Bonchev–Trinajstić information content (AvgIpc) is 2.04. The molecule has 0 spiro atoms. The van der Waals surface area contributed by atoms with E-state index in [0.717, 1.165) is 0 Å². The quantitative estimate of drug-likeness (QED) is 0.481. The van der Waals surface area contributed by atoms with E-state index in [0.29, 0.717) is 0 Å². The molecule has 0 fully saturated rings. The van der Waals surface area contributed by atoms with Gasteiger partial charge in [0.15, 0.2) is 5.83 Å². The molecule has 1 rings (SSSR count). The molecule has 0 bridgehead atoms. The molecular weight excluding hydrogens is 191 g/mol. The predicted molar refractivity (Wildman–Crippen MR) is 37.5 cm³/mol. The lowest BCUT2D eigenvalue weighted by molar-refractivity contribution is -0.205. The van der Waals surface area contributed by atoms with Crippen molar-refractivity contribution in [3.8, 4) is 0 Å². The van der Waals surface area contributed by atoms with Crippen molar-refractivity contribution < 1.29 is 22.0 Å². The highest BCUT2D eigenvalue weighted by Gasteiger charge is 2.71. The third kappa shape index (κ3) is 1.17. The van der Waals surface area contributed by atoms with Gasteiger partial charge >= 0.3 is 11.8 Å². The van der Waals surface area contributed by atoms with E-state index in [1.807, 2.05) is 0 Å². The van der Waals surface area contributed by atoms with E-state index in [1.54, 1.807) is 0 Å². The minimum absolute atomic E-state index is 0.0639. The molecule has 0 saturated carbocycles. The first-order valence-electron chi connectivity index (χ1n) is 3.61. The lowest BCUT2D eigenvalue weighted by Crippen LogP contribution is -2.52. The van der Waals surface area contributed by atoms with Gasteiger partial charge in [-0.2, -0.15) is 17.6 Å². The highest BCUT2D eigenvalue weighted by Crippen LogP contribution is 2.57. The van der Waals surface area contributed by atoms with E-state index in [-0.39, 0.29) is 6.42 Å². The smallest absolute Gasteiger partial charge is 0.205 e. The van der Waals surface area contributed by atoms with Gasteiger partial charge in [0.1, 0.15) is 0 Å². The van der Waals surface area contributed by atoms with Gasteiger partial charge in [0.05, 0.1) is 0 Å². The highest BCUT2D eigenvalue weighted by molar-refractivity contribution is 5.39. The van der Waals surface area contributed by atoms with E-state index in [2.05, 4.69) is 6.58 Å². The van der Waals surface area contributed by atoms with E-state index in [9.17, 15) is 22.0 Å². The Morgan fingerprint density at radius 2 is 1.69 bits per heavy atom. The Bertz CT molecular complexity index is 264. The number of hydrogen-bond donors (Lipinski definition) is 0. The molecule has 0 amide bonds. The maximum Gasteiger partial charge on any atom is 0.365 e. The van der Waals surface area contributed by atoms with Crippen LogP contribution in [0.15, 0.2) is 24.1 Å². The molecule has 0 nitrogen and oxygen atoms in total. The summed E-state index contributed by atoms with van der Waals surface area (Å²) >= 11 is 0. The monoisotopic (exact) mass is 198 g/mol. The normalized spacial score (nSPS) is 24.1. The van der Waals surface area contributed by atoms with Gasteiger partial charge in [0.25, 0.3) is 0 Å². The average molecular weight is 198 g/mol. The van der Waals surface area contributed by atoms with Crippen molar-refractivity contribution in [2.45, 2.75) is 24.7 Å². The minimum Gasteiger partial charge on any atom is -0.205 e. The molecular formula is C8H7F5. The van der Waals surface area contributed by atoms with E-state index in [4.69, 9.17) is 0 Å². The Labute approximate surface area is 71.7 Å². The SMILES string of the molecule is C=CCCC1=C(F)C(F)(F)C1(F)F. The molecule has 1 aliphatic rings. The summed E-state index contributed by atoms with van der Waals surface area (Å²) in [7, 11) is 0. The van der Waals surface area contributed by atoms with Crippen molar-refractivity contribution in [1.82, 2.24) is 0 Å². The number of hydrogen-bond acceptors (Lipinski definition) is 0. The summed E-state index contributed by atoms with van der Waals surface area (Å²) in [4.78, 5) is 0. The Balaban J connectivity index is 2.86. The molecule has 0 aromatic rings. The first-order chi connectivity index (χ1) is 5.85. The number of rotatable bonds is 3. The molecule has 0 radical (unpaired) electrons. The minimum atomic E-state index is -4.61. The molecule has 5 heteroatoms. The summed E-state index contributed by atoms with van der Waals surface area (Å²) < 4.78 is 61.7. The zero-order valence-electron chi connectivity index (χ0n) is 6.59. The molecule has 74 valence electrons. The van der Waals surface area contributed by atoms with Crippen LogP contribution in [-0.4, -0.2) is 11.8 Å². The van der Waals surface area contributed by atoms with Crippen molar-refractivity contribution >= 4 is 0 Å². The third-order valence-corrected chi connectivity index (χ3v) is 1.91. The fraction of sp³-hybridized carbons (Fsp3) is 0.500. The third-order valence-electron chi connectivity index (χ3n) is 1.91. The molecule has 13 heavy (non-hydrogen) atoms. The first-order valence-corrected chi connectivity index (χ1v) is 3.61. The van der Waals surface area contributed by atoms with Gasteiger partial charge in [-0.25, -0.2) is 4.39 Å². The summed E-state index contributed by atoms with van der Waals surface area (Å²) in [6, 6.07) is 0. The number of alkyl halides is 4. The van der Waals surface area contributed by atoms with Gasteiger partial charge in [-0.05, 0) is 12.8 Å². The van der Waals surface area contributed by atoms with E-state index in [1.165, 1.54) is 6.08 Å². The Hall–Kier alpha value is -0.870. The van der Waals surface area contributed by atoms with Crippen LogP contribution in [0.5, 0.6) is 0 Å². The Morgan fingerprint density at radius 1 is 1.15 bits per heavy atom. The molecule has 0 unspecified atom stereocenters. The summed E-state index contributed by atoms with van der Waals surface area (Å²) in [5.41, 5.74) is -1.10. The summed E-state index contributed by atoms with van der Waals surface area (Å²) in [5.74, 6) is -10.9. The zero-order chi connectivity index (χ0) is 10.3. The van der Waals surface area contributed by atoms with E-state index < -0.39 is 29.7 Å². The van der Waals surface area contributed by atoms with Crippen molar-refractivity contribution in [3.63, 3.8) is 0 Å². The van der Waals surface area contributed by atoms with Gasteiger partial charge in [0.2, 0.25) is 0 Å². The number of allylic oxidation sites excluding steroid dienone is 3. The van der Waals surface area contributed by atoms with Crippen molar-refractivity contribution in [3.05, 3.63) is 24.1 Å². The van der Waals surface area contributed by atoms with Crippen LogP contribution < -0.4 is 0 Å². The van der Waals surface area contributed by atoms with Crippen LogP contribution in [0.4, 0.5) is 22.0 Å². The lowest BCUT2D eigenvalue weighted by atomic mass is 9.84. The van der Waals surface area contributed by atoms with Gasteiger partial charge in [-0.15, -0.1) is 6.58 Å². The second-order valence-corrected chi connectivity index (χ2v) is 2.77. The van der Waals surface area contributed by atoms with Crippen LogP contribution in [0.25, 0.3) is 0 Å². The molecule has 1 aliphatic carbocycles. The molecule has 0 aliphatic heterocycles. The summed E-state index contributed by atoms with van der Waals surface area (Å²) in [6.07, 6.45) is 0.930. The molecule has 0 aromatic carbocycles. The van der Waals surface area contributed by atoms with Gasteiger partial charge in [-0.3, -0.25) is 0 Å². The van der Waals surface area contributed by atoms with Gasteiger partial charge in [-0.1, -0.05) is 6.08 Å². The molecule has 0 aromatic heterocycles. The van der Waals surface area contributed by atoms with Crippen molar-refractivity contribution in [1.29, 1.82) is 0 Å². The van der Waals surface area contributed by atoms with Crippen LogP contribution in [0, 0.1) is 0 Å². The maximum absolute atomic E-state index is 12.5. The molecule has 0 N–H and O–H groups in total. The second-order valence-electron chi connectivity index (χ2n) is 2.77. The highest BCUT2D eigenvalue weighted by atomic mass is 19.3. The van der Waals surface area contributed by atoms with Crippen LogP contribution in [0.3, 0.4) is 0 Å². The Morgan fingerprint density at radius 3 is 2.08 bits per heavy atom. The van der Waals surface area contributed by atoms with Crippen molar-refractivity contribution in [2.24, 2.45) is 0 Å². The maximum atomic E-state index is 12.5.